The number of amides is 1. The Bertz CT molecular complexity index is 555. The van der Waals surface area contributed by atoms with Gasteiger partial charge in [-0.2, -0.15) is 0 Å². The van der Waals surface area contributed by atoms with E-state index in [9.17, 15) is 4.79 Å². The van der Waals surface area contributed by atoms with Gasteiger partial charge in [-0.3, -0.25) is 4.79 Å². The van der Waals surface area contributed by atoms with Crippen LogP contribution in [0.4, 0.5) is 0 Å². The first kappa shape index (κ1) is 12.3. The number of likely N-dealkylation sites (tertiary alicyclic amines) is 1. The number of nitrogens with zero attached hydrogens (tertiary/aromatic N) is 3. The maximum atomic E-state index is 10.9. The van der Waals surface area contributed by atoms with Crippen LogP contribution in [0.1, 0.15) is 23.8 Å². The predicted molar refractivity (Wildman–Crippen MR) is 75.0 cm³/mol. The van der Waals surface area contributed by atoms with Crippen molar-refractivity contribution >= 4 is 17.7 Å². The van der Waals surface area contributed by atoms with Crippen LogP contribution in [0.3, 0.4) is 0 Å². The maximum Gasteiger partial charge on any atom is 0.209 e. The zero-order valence-corrected chi connectivity index (χ0v) is 11.3. The largest absolute Gasteiger partial charge is 0.345 e. The minimum Gasteiger partial charge on any atom is -0.345 e. The van der Waals surface area contributed by atoms with Crippen molar-refractivity contribution in [2.24, 2.45) is 0 Å². The van der Waals surface area contributed by atoms with E-state index < -0.39 is 0 Å². The quantitative estimate of drug-likeness (QED) is 0.807. The number of hydrogen-bond donors (Lipinski definition) is 0. The summed E-state index contributed by atoms with van der Waals surface area (Å²) in [6.45, 7) is 1.64. The number of piperidine rings is 1. The van der Waals surface area contributed by atoms with Gasteiger partial charge in [0.25, 0.3) is 0 Å². The third-order valence-electron chi connectivity index (χ3n) is 3.41. The summed E-state index contributed by atoms with van der Waals surface area (Å²) in [6.07, 6.45) is 3.07. The van der Waals surface area contributed by atoms with Crippen molar-refractivity contribution in [3.8, 4) is 10.6 Å². The van der Waals surface area contributed by atoms with Crippen molar-refractivity contribution in [1.29, 1.82) is 0 Å². The highest BCUT2D eigenvalue weighted by Crippen LogP contribution is 2.32. The van der Waals surface area contributed by atoms with Crippen LogP contribution >= 0.6 is 11.3 Å². The number of benzene rings is 1. The van der Waals surface area contributed by atoms with Crippen LogP contribution in [-0.2, 0) is 4.79 Å². The number of rotatable bonds is 3. The van der Waals surface area contributed by atoms with Crippen molar-refractivity contribution < 1.29 is 4.79 Å². The Kier molecular flexibility index (Phi) is 3.55. The van der Waals surface area contributed by atoms with Gasteiger partial charge in [-0.1, -0.05) is 41.7 Å². The Morgan fingerprint density at radius 3 is 2.89 bits per heavy atom. The van der Waals surface area contributed by atoms with Gasteiger partial charge in [-0.15, -0.1) is 10.2 Å². The molecule has 1 saturated heterocycles. The molecule has 0 spiro atoms. The van der Waals surface area contributed by atoms with Crippen LogP contribution in [-0.4, -0.2) is 34.6 Å². The molecule has 1 fully saturated rings. The van der Waals surface area contributed by atoms with Gasteiger partial charge >= 0.3 is 0 Å². The maximum absolute atomic E-state index is 10.9. The Balaban J connectivity index is 1.79. The molecule has 4 nitrogen and oxygen atoms in total. The van der Waals surface area contributed by atoms with E-state index in [4.69, 9.17) is 0 Å². The molecule has 1 atom stereocenters. The van der Waals surface area contributed by atoms with Crippen LogP contribution in [0, 0.1) is 0 Å². The van der Waals surface area contributed by atoms with Crippen LogP contribution < -0.4 is 0 Å². The fraction of sp³-hybridized carbons (Fsp3) is 0.357. The number of aromatic nitrogens is 2. The molecule has 3 rings (SSSR count). The zero-order chi connectivity index (χ0) is 13.1. The van der Waals surface area contributed by atoms with E-state index in [1.807, 2.05) is 35.2 Å². The molecule has 98 valence electrons. The second-order valence-corrected chi connectivity index (χ2v) is 5.76. The predicted octanol–water partition coefficient (Wildman–Crippen LogP) is 2.54. The smallest absolute Gasteiger partial charge is 0.209 e. The van der Waals surface area contributed by atoms with Crippen LogP contribution in [0.25, 0.3) is 10.6 Å². The molecule has 2 heterocycles. The van der Waals surface area contributed by atoms with Gasteiger partial charge in [0, 0.05) is 24.6 Å². The third kappa shape index (κ3) is 2.66. The molecular formula is C14H15N3OS. The van der Waals surface area contributed by atoms with Crippen molar-refractivity contribution in [3.05, 3.63) is 35.3 Å². The molecule has 1 amide bonds. The summed E-state index contributed by atoms with van der Waals surface area (Å²) in [7, 11) is 0. The van der Waals surface area contributed by atoms with Crippen molar-refractivity contribution in [2.45, 2.75) is 18.8 Å². The molecule has 1 aromatic carbocycles. The summed E-state index contributed by atoms with van der Waals surface area (Å²) >= 11 is 1.64. The summed E-state index contributed by atoms with van der Waals surface area (Å²) < 4.78 is 0. The average molecular weight is 273 g/mol. The summed E-state index contributed by atoms with van der Waals surface area (Å²) in [5.41, 5.74) is 1.11. The number of hydrogen-bond acceptors (Lipinski definition) is 4. The normalized spacial score (nSPS) is 19.4. The van der Waals surface area contributed by atoms with Crippen LogP contribution in [0.5, 0.6) is 0 Å². The Labute approximate surface area is 116 Å². The molecule has 0 saturated carbocycles. The van der Waals surface area contributed by atoms with Gasteiger partial charge in [0.2, 0.25) is 6.41 Å². The lowest BCUT2D eigenvalue weighted by Crippen LogP contribution is -2.33. The Morgan fingerprint density at radius 1 is 1.26 bits per heavy atom. The van der Waals surface area contributed by atoms with Crippen LogP contribution in [0.2, 0.25) is 0 Å². The Hall–Kier alpha value is -1.75. The van der Waals surface area contributed by atoms with Crippen molar-refractivity contribution in [3.63, 3.8) is 0 Å². The van der Waals surface area contributed by atoms with E-state index in [2.05, 4.69) is 10.2 Å². The van der Waals surface area contributed by atoms with Gasteiger partial charge < -0.3 is 4.90 Å². The topological polar surface area (TPSA) is 46.1 Å². The van der Waals surface area contributed by atoms with Crippen LogP contribution in [0.15, 0.2) is 30.3 Å². The second-order valence-electron chi connectivity index (χ2n) is 4.75. The first-order valence-electron chi connectivity index (χ1n) is 6.45. The highest BCUT2D eigenvalue weighted by molar-refractivity contribution is 7.14. The molecular weight excluding hydrogens is 258 g/mol. The van der Waals surface area contributed by atoms with Gasteiger partial charge in [-0.25, -0.2) is 0 Å². The first-order valence-corrected chi connectivity index (χ1v) is 7.26. The van der Waals surface area contributed by atoms with E-state index in [0.29, 0.717) is 5.92 Å². The van der Waals surface area contributed by atoms with Crippen molar-refractivity contribution in [2.75, 3.05) is 13.1 Å². The molecule has 0 N–H and O–H groups in total. The lowest BCUT2D eigenvalue weighted by atomic mass is 9.99. The molecule has 19 heavy (non-hydrogen) atoms. The van der Waals surface area contributed by atoms with Gasteiger partial charge in [0.05, 0.1) is 0 Å². The van der Waals surface area contributed by atoms with E-state index in [1.54, 1.807) is 11.3 Å². The van der Waals surface area contributed by atoms with E-state index in [0.717, 1.165) is 47.9 Å². The lowest BCUT2D eigenvalue weighted by molar-refractivity contribution is -0.119. The standard InChI is InChI=1S/C14H15N3OS/c18-10-17-8-4-7-12(9-17)14-16-15-13(19-14)11-5-2-1-3-6-11/h1-3,5-6,10,12H,4,7-9H2. The van der Waals surface area contributed by atoms with Gasteiger partial charge in [0.15, 0.2) is 0 Å². The molecule has 1 unspecified atom stereocenters. The Morgan fingerprint density at radius 2 is 2.11 bits per heavy atom. The van der Waals surface area contributed by atoms with Gasteiger partial charge in [0.1, 0.15) is 10.0 Å². The number of carbonyl (C=O) groups excluding carboxylic acids is 1. The minimum atomic E-state index is 0.342. The van der Waals surface area contributed by atoms with E-state index in [1.165, 1.54) is 0 Å². The lowest BCUT2D eigenvalue weighted by Gasteiger charge is -2.28. The summed E-state index contributed by atoms with van der Waals surface area (Å²) in [6, 6.07) is 10.1. The molecule has 0 aliphatic carbocycles. The molecule has 0 bridgehead atoms. The number of carbonyl (C=O) groups is 1. The fourth-order valence-electron chi connectivity index (χ4n) is 2.40. The summed E-state index contributed by atoms with van der Waals surface area (Å²) in [4.78, 5) is 12.7. The molecule has 1 aliphatic rings. The fourth-order valence-corrected chi connectivity index (χ4v) is 3.38. The minimum absolute atomic E-state index is 0.342. The molecule has 1 aliphatic heterocycles. The zero-order valence-electron chi connectivity index (χ0n) is 10.5. The van der Waals surface area contributed by atoms with Gasteiger partial charge in [-0.05, 0) is 12.8 Å². The third-order valence-corrected chi connectivity index (χ3v) is 4.55. The molecule has 5 heteroatoms. The van der Waals surface area contributed by atoms with E-state index in [-0.39, 0.29) is 0 Å². The average Bonchev–Trinajstić information content (AvgIpc) is 2.98. The highest BCUT2D eigenvalue weighted by atomic mass is 32.1. The van der Waals surface area contributed by atoms with E-state index >= 15 is 0 Å². The molecule has 1 aromatic heterocycles. The van der Waals surface area contributed by atoms with Crippen molar-refractivity contribution in [1.82, 2.24) is 15.1 Å². The monoisotopic (exact) mass is 273 g/mol. The second kappa shape index (κ2) is 5.48. The molecule has 2 aromatic rings. The first-order chi connectivity index (χ1) is 9.36. The molecule has 0 radical (unpaired) electrons. The SMILES string of the molecule is O=CN1CCCC(c2nnc(-c3ccccc3)s2)C1. The highest BCUT2D eigenvalue weighted by Gasteiger charge is 2.23. The summed E-state index contributed by atoms with van der Waals surface area (Å²) in [5, 5.41) is 10.6. The summed E-state index contributed by atoms with van der Waals surface area (Å²) in [5.74, 6) is 0.342.